The van der Waals surface area contributed by atoms with E-state index in [-0.39, 0.29) is 11.9 Å². The normalized spacial score (nSPS) is 12.4. The smallest absolute Gasteiger partial charge is 0.123 e. The Balaban J connectivity index is 2.22. The number of benzene rings is 2. The fourth-order valence-corrected chi connectivity index (χ4v) is 2.79. The molecule has 100 valence electrons. The monoisotopic (exact) mass is 342 g/mol. The number of halogens is 3. The third-order valence-corrected chi connectivity index (χ3v) is 3.52. The van der Waals surface area contributed by atoms with Crippen molar-refractivity contribution in [3.05, 3.63) is 68.9 Å². The maximum atomic E-state index is 12.9. The third-order valence-electron chi connectivity index (χ3n) is 2.84. The van der Waals surface area contributed by atoms with Crippen LogP contribution < -0.4 is 11.3 Å². The lowest BCUT2D eigenvalue weighted by molar-refractivity contribution is 0.550. The Morgan fingerprint density at radius 1 is 1.21 bits per heavy atom. The van der Waals surface area contributed by atoms with Crippen molar-refractivity contribution in [1.29, 1.82) is 0 Å². The lowest BCUT2D eigenvalue weighted by Crippen LogP contribution is -2.29. The number of hydrogen-bond acceptors (Lipinski definition) is 2. The molecule has 2 nitrogen and oxygen atoms in total. The van der Waals surface area contributed by atoms with Crippen LogP contribution in [0.2, 0.25) is 5.02 Å². The SMILES string of the molecule is NNC(Cc1ccc(F)cc1)c1cc(Cl)cc(Br)c1. The van der Waals surface area contributed by atoms with Crippen molar-refractivity contribution >= 4 is 27.5 Å². The minimum Gasteiger partial charge on any atom is -0.271 e. The van der Waals surface area contributed by atoms with Gasteiger partial charge in [0.05, 0.1) is 6.04 Å². The zero-order valence-electron chi connectivity index (χ0n) is 10.0. The molecule has 0 bridgehead atoms. The number of nitrogens with one attached hydrogen (secondary N) is 1. The molecule has 3 N–H and O–H groups in total. The van der Waals surface area contributed by atoms with Gasteiger partial charge in [0.15, 0.2) is 0 Å². The summed E-state index contributed by atoms with van der Waals surface area (Å²) >= 11 is 9.43. The van der Waals surface area contributed by atoms with Gasteiger partial charge in [0.1, 0.15) is 5.82 Å². The van der Waals surface area contributed by atoms with Gasteiger partial charge in [-0.2, -0.15) is 0 Å². The largest absolute Gasteiger partial charge is 0.271 e. The van der Waals surface area contributed by atoms with E-state index in [0.29, 0.717) is 11.4 Å². The molecule has 0 saturated heterocycles. The van der Waals surface area contributed by atoms with Crippen LogP contribution in [0.1, 0.15) is 17.2 Å². The zero-order chi connectivity index (χ0) is 13.8. The van der Waals surface area contributed by atoms with Crippen LogP contribution in [-0.4, -0.2) is 0 Å². The van der Waals surface area contributed by atoms with Crippen molar-refractivity contribution in [3.8, 4) is 0 Å². The van der Waals surface area contributed by atoms with Gasteiger partial charge in [0.2, 0.25) is 0 Å². The molecule has 0 amide bonds. The van der Waals surface area contributed by atoms with Crippen LogP contribution in [0, 0.1) is 5.82 Å². The highest BCUT2D eigenvalue weighted by atomic mass is 79.9. The molecule has 2 aromatic carbocycles. The van der Waals surface area contributed by atoms with E-state index in [0.717, 1.165) is 15.6 Å². The molecular weight excluding hydrogens is 331 g/mol. The number of hydrogen-bond donors (Lipinski definition) is 2. The number of hydrazine groups is 1. The van der Waals surface area contributed by atoms with Crippen LogP contribution in [0.3, 0.4) is 0 Å². The predicted molar refractivity (Wildman–Crippen MR) is 79.3 cm³/mol. The summed E-state index contributed by atoms with van der Waals surface area (Å²) in [6, 6.07) is 11.9. The highest BCUT2D eigenvalue weighted by molar-refractivity contribution is 9.10. The van der Waals surface area contributed by atoms with Gasteiger partial charge in [-0.1, -0.05) is 39.7 Å². The van der Waals surface area contributed by atoms with Crippen molar-refractivity contribution in [2.24, 2.45) is 5.84 Å². The lowest BCUT2D eigenvalue weighted by atomic mass is 9.99. The second-order valence-electron chi connectivity index (χ2n) is 4.25. The maximum absolute atomic E-state index is 12.9. The van der Waals surface area contributed by atoms with E-state index in [9.17, 15) is 4.39 Å². The van der Waals surface area contributed by atoms with Crippen LogP contribution in [0.25, 0.3) is 0 Å². The molecule has 0 heterocycles. The predicted octanol–water partition coefficient (Wildman–Crippen LogP) is 3.99. The quantitative estimate of drug-likeness (QED) is 0.651. The Morgan fingerprint density at radius 3 is 2.47 bits per heavy atom. The summed E-state index contributed by atoms with van der Waals surface area (Å²) in [6.07, 6.45) is 0.656. The average molecular weight is 344 g/mol. The van der Waals surface area contributed by atoms with Crippen LogP contribution in [0.4, 0.5) is 4.39 Å². The first-order valence-corrected chi connectivity index (χ1v) is 6.92. The van der Waals surface area contributed by atoms with E-state index in [2.05, 4.69) is 21.4 Å². The molecule has 0 aliphatic rings. The van der Waals surface area contributed by atoms with Crippen molar-refractivity contribution in [2.75, 3.05) is 0 Å². The highest BCUT2D eigenvalue weighted by Crippen LogP contribution is 2.25. The lowest BCUT2D eigenvalue weighted by Gasteiger charge is -2.17. The fourth-order valence-electron chi connectivity index (χ4n) is 1.91. The number of rotatable bonds is 4. The third kappa shape index (κ3) is 4.01. The van der Waals surface area contributed by atoms with Crippen LogP contribution in [0.5, 0.6) is 0 Å². The molecule has 19 heavy (non-hydrogen) atoms. The summed E-state index contributed by atoms with van der Waals surface area (Å²) in [6.45, 7) is 0. The standard InChI is InChI=1S/C14H13BrClFN2/c15-11-6-10(7-12(16)8-11)14(19-18)5-9-1-3-13(17)4-2-9/h1-4,6-8,14,19H,5,18H2. The molecule has 0 aliphatic heterocycles. The topological polar surface area (TPSA) is 38.0 Å². The second-order valence-corrected chi connectivity index (χ2v) is 5.60. The molecule has 0 aromatic heterocycles. The minimum atomic E-state index is -0.244. The summed E-state index contributed by atoms with van der Waals surface area (Å²) in [5.74, 6) is 5.36. The van der Waals surface area contributed by atoms with E-state index in [1.807, 2.05) is 18.2 Å². The van der Waals surface area contributed by atoms with Crippen LogP contribution >= 0.6 is 27.5 Å². The molecule has 0 saturated carbocycles. The maximum Gasteiger partial charge on any atom is 0.123 e. The molecule has 0 radical (unpaired) electrons. The molecule has 1 atom stereocenters. The Labute approximate surface area is 124 Å². The van der Waals surface area contributed by atoms with Gasteiger partial charge in [-0.05, 0) is 47.9 Å². The van der Waals surface area contributed by atoms with Gasteiger partial charge in [-0.3, -0.25) is 11.3 Å². The Bertz CT molecular complexity index is 540. The molecule has 2 rings (SSSR count). The van der Waals surface area contributed by atoms with Gasteiger partial charge in [-0.25, -0.2) is 4.39 Å². The Kier molecular flexibility index (Phi) is 4.93. The van der Waals surface area contributed by atoms with Gasteiger partial charge >= 0.3 is 0 Å². The Hall–Kier alpha value is -0.940. The van der Waals surface area contributed by atoms with Crippen LogP contribution in [-0.2, 0) is 6.42 Å². The van der Waals surface area contributed by atoms with E-state index in [1.54, 1.807) is 12.1 Å². The summed E-state index contributed by atoms with van der Waals surface area (Å²) in [5, 5.41) is 0.642. The van der Waals surface area contributed by atoms with Crippen molar-refractivity contribution < 1.29 is 4.39 Å². The summed E-state index contributed by atoms with van der Waals surface area (Å²) in [7, 11) is 0. The molecular formula is C14H13BrClFN2. The molecule has 5 heteroatoms. The highest BCUT2D eigenvalue weighted by Gasteiger charge is 2.12. The first-order chi connectivity index (χ1) is 9.08. The fraction of sp³-hybridized carbons (Fsp3) is 0.143. The Morgan fingerprint density at radius 2 is 1.89 bits per heavy atom. The van der Waals surface area contributed by atoms with Gasteiger partial charge in [0.25, 0.3) is 0 Å². The minimum absolute atomic E-state index is 0.0829. The first kappa shape index (κ1) is 14.5. The molecule has 0 fully saturated rings. The van der Waals surface area contributed by atoms with Crippen molar-refractivity contribution in [2.45, 2.75) is 12.5 Å². The molecule has 1 unspecified atom stereocenters. The van der Waals surface area contributed by atoms with E-state index in [1.165, 1.54) is 12.1 Å². The summed E-state index contributed by atoms with van der Waals surface area (Å²) < 4.78 is 13.8. The van der Waals surface area contributed by atoms with Crippen LogP contribution in [0.15, 0.2) is 46.9 Å². The van der Waals surface area contributed by atoms with Gasteiger partial charge < -0.3 is 0 Å². The van der Waals surface area contributed by atoms with Crippen molar-refractivity contribution in [1.82, 2.24) is 5.43 Å². The molecule has 0 spiro atoms. The van der Waals surface area contributed by atoms with E-state index in [4.69, 9.17) is 17.4 Å². The average Bonchev–Trinajstić information content (AvgIpc) is 2.37. The van der Waals surface area contributed by atoms with E-state index >= 15 is 0 Å². The summed E-state index contributed by atoms with van der Waals surface area (Å²) in [5.41, 5.74) is 4.74. The number of nitrogens with two attached hydrogens (primary N) is 1. The second kappa shape index (κ2) is 6.48. The van der Waals surface area contributed by atoms with Gasteiger partial charge in [-0.15, -0.1) is 0 Å². The van der Waals surface area contributed by atoms with Gasteiger partial charge in [0, 0.05) is 9.50 Å². The first-order valence-electron chi connectivity index (χ1n) is 5.75. The van der Waals surface area contributed by atoms with E-state index < -0.39 is 0 Å². The zero-order valence-corrected chi connectivity index (χ0v) is 12.4. The van der Waals surface area contributed by atoms with Crippen molar-refractivity contribution in [3.63, 3.8) is 0 Å². The summed E-state index contributed by atoms with van der Waals surface area (Å²) in [4.78, 5) is 0. The molecule has 2 aromatic rings. The molecule has 0 aliphatic carbocycles.